The number of carbonyl (C=O) groups excluding carboxylic acids is 1. The minimum atomic E-state index is 0.164. The number of para-hydroxylation sites is 1. The maximum absolute atomic E-state index is 12.0. The third kappa shape index (κ3) is 8.03. The number of nitrogens with zero attached hydrogens (tertiary/aromatic N) is 3. The summed E-state index contributed by atoms with van der Waals surface area (Å²) in [4.78, 5) is 12.0. The van der Waals surface area contributed by atoms with E-state index >= 15 is 0 Å². The normalized spacial score (nSPS) is 16.1. The van der Waals surface area contributed by atoms with Crippen molar-refractivity contribution < 1.29 is 9.36 Å². The SMILES string of the molecule is CN(N=Cc1cc[n+](CCNC(=O)CCCCC2CCSS2)cc1)c1ccccc1. The van der Waals surface area contributed by atoms with Crippen LogP contribution >= 0.6 is 21.6 Å². The summed E-state index contributed by atoms with van der Waals surface area (Å²) in [5, 5.41) is 10.2. The van der Waals surface area contributed by atoms with Crippen molar-refractivity contribution in [3.63, 3.8) is 0 Å². The number of anilines is 1. The Labute approximate surface area is 187 Å². The Balaban J connectivity index is 1.31. The molecule has 1 aromatic heterocycles. The van der Waals surface area contributed by atoms with Crippen molar-refractivity contribution in [1.82, 2.24) is 5.32 Å². The molecule has 0 aliphatic carbocycles. The van der Waals surface area contributed by atoms with Crippen molar-refractivity contribution in [2.24, 2.45) is 5.10 Å². The molecule has 7 heteroatoms. The highest BCUT2D eigenvalue weighted by molar-refractivity contribution is 8.77. The molecule has 1 aliphatic heterocycles. The van der Waals surface area contributed by atoms with Crippen LogP contribution in [0.25, 0.3) is 0 Å². The van der Waals surface area contributed by atoms with Crippen LogP contribution in [0.5, 0.6) is 0 Å². The number of hydrogen-bond acceptors (Lipinski definition) is 5. The van der Waals surface area contributed by atoms with E-state index in [0.29, 0.717) is 13.0 Å². The van der Waals surface area contributed by atoms with Gasteiger partial charge in [0.1, 0.15) is 0 Å². The zero-order valence-electron chi connectivity index (χ0n) is 17.6. The van der Waals surface area contributed by atoms with Gasteiger partial charge < -0.3 is 5.32 Å². The molecule has 1 aliphatic rings. The lowest BCUT2D eigenvalue weighted by atomic mass is 10.1. The molecule has 1 atom stereocenters. The highest BCUT2D eigenvalue weighted by atomic mass is 33.1. The van der Waals surface area contributed by atoms with Gasteiger partial charge in [-0.25, -0.2) is 4.57 Å². The highest BCUT2D eigenvalue weighted by Crippen LogP contribution is 2.39. The standard InChI is InChI=1S/C23H30N4OS2/c1-26(21-7-3-2-4-8-21)25-19-20-11-15-27(16-12-20)17-14-24-23(28)10-6-5-9-22-13-18-29-30-22/h2-4,7-8,11-12,15-16,19,22H,5-6,9-10,13-14,17-18H2,1H3/p+1. The van der Waals surface area contributed by atoms with Crippen LogP contribution in [0, 0.1) is 0 Å². The van der Waals surface area contributed by atoms with Crippen LogP contribution in [0.3, 0.4) is 0 Å². The average molecular weight is 444 g/mol. The molecule has 5 nitrogen and oxygen atoms in total. The van der Waals surface area contributed by atoms with Gasteiger partial charge in [-0.2, -0.15) is 5.10 Å². The molecule has 1 N–H and O–H groups in total. The zero-order valence-corrected chi connectivity index (χ0v) is 19.2. The molecular weight excluding hydrogens is 412 g/mol. The van der Waals surface area contributed by atoms with Crippen LogP contribution in [0.1, 0.15) is 37.7 Å². The number of unbranched alkanes of at least 4 members (excludes halogenated alkanes) is 1. The Bertz CT molecular complexity index is 793. The summed E-state index contributed by atoms with van der Waals surface area (Å²) in [6.07, 6.45) is 11.3. The molecule has 2 aromatic rings. The van der Waals surface area contributed by atoms with E-state index in [0.717, 1.165) is 35.9 Å². The number of hydrogen-bond donors (Lipinski definition) is 1. The number of amides is 1. The van der Waals surface area contributed by atoms with Crippen LogP contribution < -0.4 is 14.9 Å². The number of hydrazone groups is 1. The van der Waals surface area contributed by atoms with Gasteiger partial charge in [0.2, 0.25) is 5.91 Å². The first-order valence-corrected chi connectivity index (χ1v) is 13.0. The number of rotatable bonds is 11. The van der Waals surface area contributed by atoms with Gasteiger partial charge in [-0.15, -0.1) is 0 Å². The first-order chi connectivity index (χ1) is 14.7. The highest BCUT2D eigenvalue weighted by Gasteiger charge is 2.15. The first kappa shape index (κ1) is 22.7. The molecule has 1 unspecified atom stereocenters. The minimum absolute atomic E-state index is 0.164. The minimum Gasteiger partial charge on any atom is -0.350 e. The second-order valence-corrected chi connectivity index (χ2v) is 10.2. The number of nitrogens with one attached hydrogen (secondary N) is 1. The predicted molar refractivity (Wildman–Crippen MR) is 129 cm³/mol. The molecule has 1 amide bonds. The van der Waals surface area contributed by atoms with E-state index in [2.05, 4.69) is 15.0 Å². The number of pyridine rings is 1. The van der Waals surface area contributed by atoms with E-state index in [9.17, 15) is 4.79 Å². The first-order valence-electron chi connectivity index (χ1n) is 10.6. The molecule has 1 fully saturated rings. The van der Waals surface area contributed by atoms with Gasteiger partial charge >= 0.3 is 0 Å². The number of benzene rings is 1. The molecule has 2 heterocycles. The van der Waals surface area contributed by atoms with E-state index in [1.165, 1.54) is 18.6 Å². The Morgan fingerprint density at radius 3 is 2.77 bits per heavy atom. The summed E-state index contributed by atoms with van der Waals surface area (Å²) >= 11 is 0. The van der Waals surface area contributed by atoms with Crippen LogP contribution in [-0.2, 0) is 11.3 Å². The Kier molecular flexibility index (Phi) is 9.57. The van der Waals surface area contributed by atoms with Crippen molar-refractivity contribution in [3.8, 4) is 0 Å². The van der Waals surface area contributed by atoms with Gasteiger partial charge in [0, 0.05) is 42.2 Å². The van der Waals surface area contributed by atoms with Crippen molar-refractivity contribution in [3.05, 3.63) is 60.4 Å². The third-order valence-electron chi connectivity index (χ3n) is 5.03. The number of carbonyl (C=O) groups is 1. The van der Waals surface area contributed by atoms with Gasteiger partial charge in [0.25, 0.3) is 0 Å². The Morgan fingerprint density at radius 1 is 1.23 bits per heavy atom. The van der Waals surface area contributed by atoms with Gasteiger partial charge in [-0.1, -0.05) is 46.2 Å². The molecule has 0 bridgehead atoms. The van der Waals surface area contributed by atoms with Crippen LogP contribution in [-0.4, -0.2) is 36.7 Å². The molecule has 3 rings (SSSR count). The molecule has 1 aromatic carbocycles. The summed E-state index contributed by atoms with van der Waals surface area (Å²) in [7, 11) is 5.94. The maximum Gasteiger partial charge on any atom is 0.220 e. The monoisotopic (exact) mass is 443 g/mol. The molecule has 0 saturated carbocycles. The van der Waals surface area contributed by atoms with E-state index in [4.69, 9.17) is 0 Å². The fraction of sp³-hybridized carbons (Fsp3) is 0.435. The van der Waals surface area contributed by atoms with Crippen molar-refractivity contribution in [1.29, 1.82) is 0 Å². The quantitative estimate of drug-likeness (QED) is 0.185. The van der Waals surface area contributed by atoms with Crippen molar-refractivity contribution in [2.45, 2.75) is 43.9 Å². The molecule has 1 saturated heterocycles. The largest absolute Gasteiger partial charge is 0.350 e. The van der Waals surface area contributed by atoms with Gasteiger partial charge in [0.15, 0.2) is 18.9 Å². The second kappa shape index (κ2) is 12.6. The van der Waals surface area contributed by atoms with E-state index in [1.807, 2.05) is 94.7 Å². The summed E-state index contributed by atoms with van der Waals surface area (Å²) in [5.41, 5.74) is 2.09. The summed E-state index contributed by atoms with van der Waals surface area (Å²) < 4.78 is 2.08. The van der Waals surface area contributed by atoms with Gasteiger partial charge in [0.05, 0.1) is 18.4 Å². The second-order valence-electron chi connectivity index (χ2n) is 7.40. The zero-order chi connectivity index (χ0) is 21.0. The molecule has 30 heavy (non-hydrogen) atoms. The maximum atomic E-state index is 12.0. The fourth-order valence-electron chi connectivity index (χ4n) is 3.20. The van der Waals surface area contributed by atoms with Crippen LogP contribution in [0.2, 0.25) is 0 Å². The average Bonchev–Trinajstić information content (AvgIpc) is 3.30. The summed E-state index contributed by atoms with van der Waals surface area (Å²) in [6, 6.07) is 14.1. The molecule has 0 spiro atoms. The van der Waals surface area contributed by atoms with E-state index in [1.54, 1.807) is 0 Å². The van der Waals surface area contributed by atoms with Crippen molar-refractivity contribution >= 4 is 39.4 Å². The van der Waals surface area contributed by atoms with E-state index < -0.39 is 0 Å². The summed E-state index contributed by atoms with van der Waals surface area (Å²) in [6.45, 7) is 1.42. The molecule has 0 radical (unpaired) electrons. The fourth-order valence-corrected chi connectivity index (χ4v) is 6.23. The van der Waals surface area contributed by atoms with Crippen molar-refractivity contribution in [2.75, 3.05) is 24.4 Å². The predicted octanol–water partition coefficient (Wildman–Crippen LogP) is 4.27. The van der Waals surface area contributed by atoms with Crippen LogP contribution in [0.15, 0.2) is 60.0 Å². The summed E-state index contributed by atoms with van der Waals surface area (Å²) in [5.74, 6) is 1.45. The Morgan fingerprint density at radius 2 is 2.03 bits per heavy atom. The number of aromatic nitrogens is 1. The third-order valence-corrected chi connectivity index (χ3v) is 8.03. The van der Waals surface area contributed by atoms with Gasteiger partial charge in [-0.05, 0) is 31.4 Å². The topological polar surface area (TPSA) is 48.6 Å². The van der Waals surface area contributed by atoms with Gasteiger partial charge in [-0.3, -0.25) is 9.80 Å². The lowest BCUT2D eigenvalue weighted by molar-refractivity contribution is -0.694. The van der Waals surface area contributed by atoms with E-state index in [-0.39, 0.29) is 5.91 Å². The Hall–Kier alpha value is -1.99. The lowest BCUT2D eigenvalue weighted by Gasteiger charge is -2.11. The van der Waals surface area contributed by atoms with Crippen LogP contribution in [0.4, 0.5) is 5.69 Å². The molecular formula is C23H31N4OS2+. The lowest BCUT2D eigenvalue weighted by Crippen LogP contribution is -2.40. The smallest absolute Gasteiger partial charge is 0.220 e. The molecule has 160 valence electrons.